The molecule has 0 unspecified atom stereocenters. The normalized spacial score (nSPS) is 32.2. The highest BCUT2D eigenvalue weighted by molar-refractivity contribution is 4.93. The second-order valence-electron chi connectivity index (χ2n) is 5.28. The van der Waals surface area contributed by atoms with Crippen LogP contribution in [0.3, 0.4) is 0 Å². The molecular formula is C13H27NO. The van der Waals surface area contributed by atoms with Crippen LogP contribution in [0.25, 0.3) is 0 Å². The van der Waals surface area contributed by atoms with E-state index in [-0.39, 0.29) is 5.54 Å². The number of rotatable bonds is 5. The van der Waals surface area contributed by atoms with E-state index in [1.54, 1.807) is 0 Å². The Morgan fingerprint density at radius 3 is 2.20 bits per heavy atom. The first kappa shape index (κ1) is 13.0. The minimum absolute atomic E-state index is 0.0309. The number of hydrogen-bond acceptors (Lipinski definition) is 2. The molecule has 2 heteroatoms. The third-order valence-electron chi connectivity index (χ3n) is 4.03. The molecule has 0 amide bonds. The minimum atomic E-state index is 0.0309. The highest BCUT2D eigenvalue weighted by atomic mass is 16.3. The Balaban J connectivity index is 2.52. The maximum atomic E-state index is 9.61. The summed E-state index contributed by atoms with van der Waals surface area (Å²) in [5.41, 5.74) is 0.0309. The fourth-order valence-corrected chi connectivity index (χ4v) is 2.59. The zero-order valence-corrected chi connectivity index (χ0v) is 10.6. The molecule has 0 aromatic rings. The van der Waals surface area contributed by atoms with Crippen molar-refractivity contribution in [3.8, 4) is 0 Å². The van der Waals surface area contributed by atoms with Gasteiger partial charge in [-0.2, -0.15) is 0 Å². The van der Waals surface area contributed by atoms with E-state index in [1.165, 1.54) is 12.8 Å². The highest BCUT2D eigenvalue weighted by Gasteiger charge is 2.34. The van der Waals surface area contributed by atoms with Crippen molar-refractivity contribution in [3.63, 3.8) is 0 Å². The smallest absolute Gasteiger partial charge is 0.0613 e. The second kappa shape index (κ2) is 5.86. The van der Waals surface area contributed by atoms with E-state index in [0.717, 1.165) is 31.6 Å². The molecule has 1 fully saturated rings. The molecule has 2 N–H and O–H groups in total. The Bertz CT molecular complexity index is 169. The molecule has 0 aromatic carbocycles. The lowest BCUT2D eigenvalue weighted by Crippen LogP contribution is -2.54. The number of nitrogens with one attached hydrogen (secondary N) is 1. The SMILES string of the molecule is CCC(CC)NC1(CO)CCC(C)CC1. The summed E-state index contributed by atoms with van der Waals surface area (Å²) in [5, 5.41) is 13.3. The van der Waals surface area contributed by atoms with Crippen LogP contribution in [-0.2, 0) is 0 Å². The maximum absolute atomic E-state index is 9.61. The molecule has 0 spiro atoms. The molecule has 1 aliphatic carbocycles. The zero-order chi connectivity index (χ0) is 11.3. The van der Waals surface area contributed by atoms with Gasteiger partial charge in [0.1, 0.15) is 0 Å². The molecule has 90 valence electrons. The van der Waals surface area contributed by atoms with Crippen molar-refractivity contribution in [1.82, 2.24) is 5.32 Å². The second-order valence-corrected chi connectivity index (χ2v) is 5.28. The molecule has 0 saturated heterocycles. The van der Waals surface area contributed by atoms with Crippen LogP contribution in [0.2, 0.25) is 0 Å². The molecule has 0 bridgehead atoms. The van der Waals surface area contributed by atoms with Gasteiger partial charge in [0.15, 0.2) is 0 Å². The Kier molecular flexibility index (Phi) is 5.07. The monoisotopic (exact) mass is 213 g/mol. The quantitative estimate of drug-likeness (QED) is 0.736. The lowest BCUT2D eigenvalue weighted by molar-refractivity contribution is 0.0926. The molecular weight excluding hydrogens is 186 g/mol. The van der Waals surface area contributed by atoms with Crippen LogP contribution in [0.15, 0.2) is 0 Å². The molecule has 0 aromatic heterocycles. The van der Waals surface area contributed by atoms with E-state index < -0.39 is 0 Å². The summed E-state index contributed by atoms with van der Waals surface area (Å²) in [4.78, 5) is 0. The zero-order valence-electron chi connectivity index (χ0n) is 10.6. The van der Waals surface area contributed by atoms with Gasteiger partial charge in [0.05, 0.1) is 6.61 Å². The van der Waals surface area contributed by atoms with Crippen LogP contribution in [0.1, 0.15) is 59.3 Å². The summed E-state index contributed by atoms with van der Waals surface area (Å²) in [6.07, 6.45) is 7.12. The summed E-state index contributed by atoms with van der Waals surface area (Å²) >= 11 is 0. The average Bonchev–Trinajstić information content (AvgIpc) is 2.29. The first-order valence-electron chi connectivity index (χ1n) is 6.54. The number of aliphatic hydroxyl groups is 1. The van der Waals surface area contributed by atoms with Gasteiger partial charge >= 0.3 is 0 Å². The van der Waals surface area contributed by atoms with Gasteiger partial charge in [0, 0.05) is 11.6 Å². The Labute approximate surface area is 94.5 Å². The highest BCUT2D eigenvalue weighted by Crippen LogP contribution is 2.32. The molecule has 0 aliphatic heterocycles. The summed E-state index contributed by atoms with van der Waals surface area (Å²) < 4.78 is 0. The Hall–Kier alpha value is -0.0800. The molecule has 1 rings (SSSR count). The van der Waals surface area contributed by atoms with Gasteiger partial charge in [-0.3, -0.25) is 0 Å². The van der Waals surface area contributed by atoms with E-state index in [2.05, 4.69) is 26.1 Å². The van der Waals surface area contributed by atoms with Crippen molar-refractivity contribution in [2.45, 2.75) is 70.9 Å². The van der Waals surface area contributed by atoms with E-state index in [1.807, 2.05) is 0 Å². The van der Waals surface area contributed by atoms with Gasteiger partial charge in [-0.15, -0.1) is 0 Å². The molecule has 1 aliphatic rings. The van der Waals surface area contributed by atoms with Crippen molar-refractivity contribution in [1.29, 1.82) is 0 Å². The average molecular weight is 213 g/mol. The topological polar surface area (TPSA) is 32.3 Å². The van der Waals surface area contributed by atoms with Gasteiger partial charge in [-0.25, -0.2) is 0 Å². The van der Waals surface area contributed by atoms with E-state index >= 15 is 0 Å². The number of aliphatic hydroxyl groups excluding tert-OH is 1. The summed E-state index contributed by atoms with van der Waals surface area (Å²) in [7, 11) is 0. The first-order chi connectivity index (χ1) is 7.15. The predicted octanol–water partition coefficient (Wildman–Crippen LogP) is 2.71. The lowest BCUT2D eigenvalue weighted by atomic mass is 9.77. The van der Waals surface area contributed by atoms with Crippen LogP contribution in [0, 0.1) is 5.92 Å². The maximum Gasteiger partial charge on any atom is 0.0613 e. The van der Waals surface area contributed by atoms with E-state index in [4.69, 9.17) is 0 Å². The summed E-state index contributed by atoms with van der Waals surface area (Å²) in [6.45, 7) is 7.06. The third kappa shape index (κ3) is 3.46. The molecule has 0 radical (unpaired) electrons. The molecule has 15 heavy (non-hydrogen) atoms. The van der Waals surface area contributed by atoms with Crippen molar-refractivity contribution in [3.05, 3.63) is 0 Å². The Morgan fingerprint density at radius 1 is 1.27 bits per heavy atom. The molecule has 0 atom stereocenters. The predicted molar refractivity (Wildman–Crippen MR) is 65.0 cm³/mol. The minimum Gasteiger partial charge on any atom is -0.394 e. The van der Waals surface area contributed by atoms with E-state index in [0.29, 0.717) is 12.6 Å². The summed E-state index contributed by atoms with van der Waals surface area (Å²) in [5.74, 6) is 0.841. The van der Waals surface area contributed by atoms with Crippen LogP contribution in [0.5, 0.6) is 0 Å². The molecule has 1 saturated carbocycles. The van der Waals surface area contributed by atoms with Crippen molar-refractivity contribution in [2.24, 2.45) is 5.92 Å². The lowest BCUT2D eigenvalue weighted by Gasteiger charge is -2.41. The largest absolute Gasteiger partial charge is 0.394 e. The van der Waals surface area contributed by atoms with Gasteiger partial charge in [0.2, 0.25) is 0 Å². The van der Waals surface area contributed by atoms with Crippen molar-refractivity contribution >= 4 is 0 Å². The van der Waals surface area contributed by atoms with Gasteiger partial charge in [0.25, 0.3) is 0 Å². The fourth-order valence-electron chi connectivity index (χ4n) is 2.59. The van der Waals surface area contributed by atoms with Gasteiger partial charge in [-0.1, -0.05) is 20.8 Å². The van der Waals surface area contributed by atoms with Gasteiger partial charge in [-0.05, 0) is 44.4 Å². The third-order valence-corrected chi connectivity index (χ3v) is 4.03. The van der Waals surface area contributed by atoms with Crippen LogP contribution in [0.4, 0.5) is 0 Å². The molecule has 2 nitrogen and oxygen atoms in total. The summed E-state index contributed by atoms with van der Waals surface area (Å²) in [6, 6.07) is 0.575. The van der Waals surface area contributed by atoms with Crippen molar-refractivity contribution in [2.75, 3.05) is 6.61 Å². The van der Waals surface area contributed by atoms with Crippen molar-refractivity contribution < 1.29 is 5.11 Å². The first-order valence-corrected chi connectivity index (χ1v) is 6.54. The Morgan fingerprint density at radius 2 is 1.80 bits per heavy atom. The fraction of sp³-hybridized carbons (Fsp3) is 1.00. The molecule has 0 heterocycles. The van der Waals surface area contributed by atoms with E-state index in [9.17, 15) is 5.11 Å². The van der Waals surface area contributed by atoms with Crippen LogP contribution >= 0.6 is 0 Å². The standard InChI is InChI=1S/C13H27NO/c1-4-12(5-2)14-13(10-15)8-6-11(3)7-9-13/h11-12,14-15H,4-10H2,1-3H3. The van der Waals surface area contributed by atoms with Crippen LogP contribution < -0.4 is 5.32 Å². The van der Waals surface area contributed by atoms with Crippen LogP contribution in [-0.4, -0.2) is 23.3 Å². The van der Waals surface area contributed by atoms with Gasteiger partial charge < -0.3 is 10.4 Å². The number of hydrogen-bond donors (Lipinski definition) is 2.